The minimum atomic E-state index is 1.13. The van der Waals surface area contributed by atoms with Gasteiger partial charge in [0, 0.05) is 5.75 Å². The summed E-state index contributed by atoms with van der Waals surface area (Å²) in [6.07, 6.45) is 12.5. The van der Waals surface area contributed by atoms with E-state index in [0.29, 0.717) is 0 Å². The van der Waals surface area contributed by atoms with Crippen LogP contribution in [0.3, 0.4) is 0 Å². The highest BCUT2D eigenvalue weighted by Gasteiger charge is 1.92. The van der Waals surface area contributed by atoms with Gasteiger partial charge in [-0.15, -0.1) is 4.33 Å². The zero-order chi connectivity index (χ0) is 9.19. The molecule has 1 aliphatic rings. The van der Waals surface area contributed by atoms with E-state index in [2.05, 4.69) is 6.08 Å². The molecule has 0 radical (unpaired) electrons. The Morgan fingerprint density at radius 1 is 1.08 bits per heavy atom. The lowest BCUT2D eigenvalue weighted by Gasteiger charge is -1.98. The highest BCUT2D eigenvalue weighted by atomic mass is 33.1. The van der Waals surface area contributed by atoms with Gasteiger partial charge in [0.2, 0.25) is 0 Å². The molecule has 0 aromatic rings. The summed E-state index contributed by atoms with van der Waals surface area (Å²) in [4.78, 5) is 4.76. The van der Waals surface area contributed by atoms with Crippen molar-refractivity contribution < 1.29 is 9.22 Å². The van der Waals surface area contributed by atoms with Gasteiger partial charge < -0.3 is 4.89 Å². The van der Waals surface area contributed by atoms with E-state index in [-0.39, 0.29) is 0 Å². The van der Waals surface area contributed by atoms with Crippen LogP contribution in [0, 0.1) is 0 Å². The topological polar surface area (TPSA) is 18.5 Å². The van der Waals surface area contributed by atoms with E-state index in [1.807, 2.05) is 12.2 Å². The average molecular weight is 218 g/mol. The summed E-state index contributed by atoms with van der Waals surface area (Å²) in [6, 6.07) is 0. The Labute approximate surface area is 87.3 Å². The number of allylic oxidation sites excluding steroid dienone is 3. The van der Waals surface area contributed by atoms with Crippen molar-refractivity contribution in [3.05, 3.63) is 24.5 Å². The van der Waals surface area contributed by atoms with Crippen LogP contribution in [-0.2, 0) is 9.22 Å². The van der Waals surface area contributed by atoms with Crippen LogP contribution in [0.25, 0.3) is 0 Å². The largest absolute Gasteiger partial charge is 0.332 e. The normalized spacial score (nSPS) is 20.9. The highest BCUT2D eigenvalue weighted by Crippen LogP contribution is 2.24. The van der Waals surface area contributed by atoms with Crippen molar-refractivity contribution in [2.45, 2.75) is 25.7 Å². The Morgan fingerprint density at radius 2 is 2.08 bits per heavy atom. The molecule has 0 bridgehead atoms. The Morgan fingerprint density at radius 3 is 3.08 bits per heavy atom. The third-order valence-electron chi connectivity index (χ3n) is 1.59. The van der Waals surface area contributed by atoms with Crippen molar-refractivity contribution >= 4 is 21.9 Å². The summed E-state index contributed by atoms with van der Waals surface area (Å²) < 4.78 is 4.81. The van der Waals surface area contributed by atoms with Crippen molar-refractivity contribution in [1.82, 2.24) is 0 Å². The highest BCUT2D eigenvalue weighted by molar-refractivity contribution is 8.74. The first kappa shape index (κ1) is 11.0. The molecular formula is C9H14O2S2. The van der Waals surface area contributed by atoms with Gasteiger partial charge in [0.1, 0.15) is 17.3 Å². The monoisotopic (exact) mass is 218 g/mol. The maximum atomic E-state index is 4.81. The molecule has 4 heteroatoms. The number of hydrogen-bond acceptors (Lipinski definition) is 4. The van der Waals surface area contributed by atoms with Crippen LogP contribution < -0.4 is 0 Å². The van der Waals surface area contributed by atoms with E-state index >= 15 is 0 Å². The molecule has 0 fully saturated rings. The maximum Gasteiger partial charge on any atom is 0.130 e. The first-order valence-electron chi connectivity index (χ1n) is 4.43. The molecule has 0 aliphatic carbocycles. The fourth-order valence-electron chi connectivity index (χ4n) is 0.945. The molecule has 0 atom stereocenters. The molecule has 1 aliphatic heterocycles. The molecule has 0 amide bonds. The van der Waals surface area contributed by atoms with Crippen LogP contribution in [-0.4, -0.2) is 5.75 Å². The fraction of sp³-hybridized carbons (Fsp3) is 0.556. The summed E-state index contributed by atoms with van der Waals surface area (Å²) >= 11 is 1.29. The maximum absolute atomic E-state index is 4.81. The molecule has 0 saturated carbocycles. The van der Waals surface area contributed by atoms with Crippen molar-refractivity contribution in [2.24, 2.45) is 0 Å². The van der Waals surface area contributed by atoms with Gasteiger partial charge in [0.05, 0.1) is 0 Å². The molecule has 0 aromatic heterocycles. The summed E-state index contributed by atoms with van der Waals surface area (Å²) in [5.74, 6) is 1.13. The van der Waals surface area contributed by atoms with E-state index in [1.54, 1.807) is 17.1 Å². The summed E-state index contributed by atoms with van der Waals surface area (Å²) in [6.45, 7) is 0. The van der Waals surface area contributed by atoms with E-state index in [9.17, 15) is 0 Å². The van der Waals surface area contributed by atoms with Crippen LogP contribution in [0.2, 0.25) is 0 Å². The SMILES string of the molecule is C1=CCCCCCSSOOC=C1. The quantitative estimate of drug-likeness (QED) is 0.349. The zero-order valence-corrected chi connectivity index (χ0v) is 9.11. The first-order chi connectivity index (χ1) is 6.50. The van der Waals surface area contributed by atoms with E-state index in [4.69, 9.17) is 9.22 Å². The van der Waals surface area contributed by atoms with Gasteiger partial charge in [0.15, 0.2) is 0 Å². The molecular weight excluding hydrogens is 204 g/mol. The summed E-state index contributed by atoms with van der Waals surface area (Å²) in [7, 11) is 1.69. The Bertz CT molecular complexity index is 151. The first-order valence-corrected chi connectivity index (χ1v) is 6.68. The van der Waals surface area contributed by atoms with Gasteiger partial charge >= 0.3 is 0 Å². The predicted molar refractivity (Wildman–Crippen MR) is 59.0 cm³/mol. The third kappa shape index (κ3) is 7.05. The van der Waals surface area contributed by atoms with Crippen LogP contribution in [0.1, 0.15) is 25.7 Å². The van der Waals surface area contributed by atoms with Gasteiger partial charge in [-0.1, -0.05) is 29.4 Å². The molecule has 1 rings (SSSR count). The van der Waals surface area contributed by atoms with E-state index < -0.39 is 0 Å². The molecule has 0 aromatic carbocycles. The molecule has 0 N–H and O–H groups in total. The van der Waals surface area contributed by atoms with E-state index in [1.165, 1.54) is 30.3 Å². The predicted octanol–water partition coefficient (Wildman–Crippen LogP) is 3.87. The van der Waals surface area contributed by atoms with Crippen molar-refractivity contribution in [3.63, 3.8) is 0 Å². The zero-order valence-electron chi connectivity index (χ0n) is 7.48. The van der Waals surface area contributed by atoms with E-state index in [0.717, 1.165) is 12.2 Å². The lowest BCUT2D eigenvalue weighted by molar-refractivity contribution is -0.127. The molecule has 0 spiro atoms. The lowest BCUT2D eigenvalue weighted by atomic mass is 10.2. The minimum Gasteiger partial charge on any atom is -0.332 e. The smallest absolute Gasteiger partial charge is 0.130 e. The Hall–Kier alpha value is -0.0600. The van der Waals surface area contributed by atoms with Crippen LogP contribution >= 0.6 is 21.9 Å². The van der Waals surface area contributed by atoms with Crippen molar-refractivity contribution in [2.75, 3.05) is 5.75 Å². The van der Waals surface area contributed by atoms with Crippen LogP contribution in [0.4, 0.5) is 0 Å². The number of hydrogen-bond donors (Lipinski definition) is 0. The molecule has 0 unspecified atom stereocenters. The second kappa shape index (κ2) is 8.53. The Balaban J connectivity index is 2.18. The van der Waals surface area contributed by atoms with Gasteiger partial charge in [-0.05, 0) is 25.3 Å². The summed E-state index contributed by atoms with van der Waals surface area (Å²) in [5.41, 5.74) is 0. The van der Waals surface area contributed by atoms with Gasteiger partial charge in [-0.25, -0.2) is 0 Å². The summed E-state index contributed by atoms with van der Waals surface area (Å²) in [5, 5.41) is 0. The minimum absolute atomic E-state index is 1.13. The molecule has 2 nitrogen and oxygen atoms in total. The molecule has 0 saturated heterocycles. The lowest BCUT2D eigenvalue weighted by Crippen LogP contribution is -1.79. The third-order valence-corrected chi connectivity index (χ3v) is 3.24. The van der Waals surface area contributed by atoms with Gasteiger partial charge in [-0.2, -0.15) is 0 Å². The Kier molecular flexibility index (Phi) is 7.23. The fourth-order valence-corrected chi connectivity index (χ4v) is 2.22. The standard InChI is InChI=1S/C9H14O2S2/c1-2-4-6-8-10-11-13-12-9-7-5-3-1/h2,4,6,8H,1,3,5,7,9H2. The van der Waals surface area contributed by atoms with Gasteiger partial charge in [0.25, 0.3) is 0 Å². The number of rotatable bonds is 0. The second-order valence-corrected chi connectivity index (χ2v) is 4.69. The molecule has 74 valence electrons. The van der Waals surface area contributed by atoms with Crippen molar-refractivity contribution in [3.8, 4) is 0 Å². The average Bonchev–Trinajstić information content (AvgIpc) is 2.18. The second-order valence-electron chi connectivity index (χ2n) is 2.66. The van der Waals surface area contributed by atoms with Crippen LogP contribution in [0.5, 0.6) is 0 Å². The van der Waals surface area contributed by atoms with Gasteiger partial charge in [-0.3, -0.25) is 0 Å². The molecule has 1 heterocycles. The molecule has 13 heavy (non-hydrogen) atoms. The van der Waals surface area contributed by atoms with Crippen LogP contribution in [0.15, 0.2) is 24.5 Å². The van der Waals surface area contributed by atoms with Crippen molar-refractivity contribution in [1.29, 1.82) is 0 Å².